The summed E-state index contributed by atoms with van der Waals surface area (Å²) in [5.74, 6) is 0.383. The maximum atomic E-state index is 11.7. The van der Waals surface area contributed by atoms with Gasteiger partial charge in [-0.1, -0.05) is 13.8 Å². The third-order valence-electron chi connectivity index (χ3n) is 2.22. The number of hydrogen-bond donors (Lipinski definition) is 2. The molecule has 5 heteroatoms. The molecule has 82 valence electrons. The van der Waals surface area contributed by atoms with Crippen LogP contribution in [-0.2, 0) is 4.79 Å². The lowest BCUT2D eigenvalue weighted by Crippen LogP contribution is -2.33. The fraction of sp³-hybridized carbons (Fsp3) is 0.500. The molecule has 0 saturated carbocycles. The molecule has 0 radical (unpaired) electrons. The minimum atomic E-state index is -0.188. The summed E-state index contributed by atoms with van der Waals surface area (Å²) in [6, 6.07) is 3.41. The van der Waals surface area contributed by atoms with Crippen LogP contribution in [0.4, 0.5) is 5.82 Å². The Bertz CT molecular complexity index is 312. The Morgan fingerprint density at radius 1 is 1.60 bits per heavy atom. The highest BCUT2D eigenvalue weighted by Crippen LogP contribution is 2.11. The lowest BCUT2D eigenvalue weighted by atomic mass is 9.95. The molecule has 1 rings (SSSR count). The minimum absolute atomic E-state index is 0.104. The summed E-state index contributed by atoms with van der Waals surface area (Å²) in [4.78, 5) is 11.7. The zero-order valence-corrected chi connectivity index (χ0v) is 8.97. The number of nitrogens with two attached hydrogens (primary N) is 1. The van der Waals surface area contributed by atoms with Crippen LogP contribution in [0, 0.1) is 11.8 Å². The van der Waals surface area contributed by atoms with Crippen molar-refractivity contribution in [2.75, 3.05) is 11.9 Å². The van der Waals surface area contributed by atoms with Gasteiger partial charge in [0.1, 0.15) is 0 Å². The average Bonchev–Trinajstić information content (AvgIpc) is 2.19. The van der Waals surface area contributed by atoms with Crippen LogP contribution in [0.5, 0.6) is 0 Å². The molecule has 0 aliphatic rings. The van der Waals surface area contributed by atoms with Crippen molar-refractivity contribution in [2.24, 2.45) is 17.6 Å². The van der Waals surface area contributed by atoms with Crippen molar-refractivity contribution in [3.05, 3.63) is 18.3 Å². The van der Waals surface area contributed by atoms with E-state index in [1.54, 1.807) is 18.3 Å². The monoisotopic (exact) mass is 208 g/mol. The molecule has 0 spiro atoms. The Morgan fingerprint density at radius 2 is 2.33 bits per heavy atom. The van der Waals surface area contributed by atoms with E-state index in [4.69, 9.17) is 5.73 Å². The highest BCUT2D eigenvalue weighted by Gasteiger charge is 2.20. The first-order valence-electron chi connectivity index (χ1n) is 4.93. The normalized spacial score (nSPS) is 12.5. The van der Waals surface area contributed by atoms with E-state index in [2.05, 4.69) is 15.5 Å². The Balaban J connectivity index is 2.62. The van der Waals surface area contributed by atoms with Gasteiger partial charge in [0.25, 0.3) is 0 Å². The van der Waals surface area contributed by atoms with E-state index in [9.17, 15) is 4.79 Å². The summed E-state index contributed by atoms with van der Waals surface area (Å²) in [7, 11) is 0. The molecule has 5 nitrogen and oxygen atoms in total. The van der Waals surface area contributed by atoms with Gasteiger partial charge in [-0.15, -0.1) is 5.10 Å². The quantitative estimate of drug-likeness (QED) is 0.761. The van der Waals surface area contributed by atoms with E-state index in [0.717, 1.165) is 0 Å². The van der Waals surface area contributed by atoms with Gasteiger partial charge in [-0.2, -0.15) is 5.10 Å². The van der Waals surface area contributed by atoms with Crippen LogP contribution in [-0.4, -0.2) is 22.6 Å². The predicted octanol–water partition coefficient (Wildman–Crippen LogP) is 0.646. The summed E-state index contributed by atoms with van der Waals surface area (Å²) in [6.45, 7) is 4.27. The van der Waals surface area contributed by atoms with Crippen LogP contribution in [0.3, 0.4) is 0 Å². The van der Waals surface area contributed by atoms with Gasteiger partial charge in [0, 0.05) is 12.7 Å². The van der Waals surface area contributed by atoms with Crippen LogP contribution in [0.1, 0.15) is 13.8 Å². The third-order valence-corrected chi connectivity index (χ3v) is 2.22. The molecule has 1 unspecified atom stereocenters. The molecule has 1 heterocycles. The van der Waals surface area contributed by atoms with Gasteiger partial charge in [0.15, 0.2) is 5.82 Å². The molecule has 3 N–H and O–H groups in total. The molecule has 0 aliphatic heterocycles. The molecule has 15 heavy (non-hydrogen) atoms. The molecule has 0 fully saturated rings. The molecule has 1 aromatic heterocycles. The van der Waals surface area contributed by atoms with Crippen molar-refractivity contribution in [2.45, 2.75) is 13.8 Å². The van der Waals surface area contributed by atoms with Crippen molar-refractivity contribution < 1.29 is 4.79 Å². The Labute approximate surface area is 89.1 Å². The van der Waals surface area contributed by atoms with Crippen LogP contribution < -0.4 is 11.1 Å². The van der Waals surface area contributed by atoms with Gasteiger partial charge >= 0.3 is 0 Å². The second kappa shape index (κ2) is 5.41. The molecule has 0 bridgehead atoms. The number of amides is 1. The largest absolute Gasteiger partial charge is 0.330 e. The lowest BCUT2D eigenvalue weighted by molar-refractivity contribution is -0.120. The van der Waals surface area contributed by atoms with E-state index in [1.165, 1.54) is 0 Å². The van der Waals surface area contributed by atoms with Gasteiger partial charge in [-0.25, -0.2) is 0 Å². The van der Waals surface area contributed by atoms with Gasteiger partial charge in [0.05, 0.1) is 5.92 Å². The maximum absolute atomic E-state index is 11.7. The van der Waals surface area contributed by atoms with Crippen molar-refractivity contribution >= 4 is 11.7 Å². The average molecular weight is 208 g/mol. The third kappa shape index (κ3) is 3.28. The zero-order chi connectivity index (χ0) is 11.3. The Morgan fingerprint density at radius 3 is 2.80 bits per heavy atom. The van der Waals surface area contributed by atoms with E-state index in [0.29, 0.717) is 12.4 Å². The molecule has 0 saturated heterocycles. The van der Waals surface area contributed by atoms with E-state index >= 15 is 0 Å². The molecular formula is C10H16N4O. The van der Waals surface area contributed by atoms with Crippen molar-refractivity contribution in [3.8, 4) is 0 Å². The predicted molar refractivity (Wildman–Crippen MR) is 58.0 cm³/mol. The smallest absolute Gasteiger partial charge is 0.230 e. The standard InChI is InChI=1S/C10H16N4O/c1-7(2)8(6-11)10(15)13-9-4-3-5-12-14-9/h3-5,7-8H,6,11H2,1-2H3,(H,13,14,15). The number of anilines is 1. The molecule has 1 atom stereocenters. The lowest BCUT2D eigenvalue weighted by Gasteiger charge is -2.17. The second-order valence-corrected chi connectivity index (χ2v) is 3.68. The fourth-order valence-electron chi connectivity index (χ4n) is 1.27. The number of carbonyl (C=O) groups excluding carboxylic acids is 1. The van der Waals surface area contributed by atoms with Gasteiger partial charge in [-0.3, -0.25) is 4.79 Å². The number of nitrogens with zero attached hydrogens (tertiary/aromatic N) is 2. The number of aromatic nitrogens is 2. The second-order valence-electron chi connectivity index (χ2n) is 3.68. The van der Waals surface area contributed by atoms with Crippen molar-refractivity contribution in [1.82, 2.24) is 10.2 Å². The highest BCUT2D eigenvalue weighted by molar-refractivity contribution is 5.91. The highest BCUT2D eigenvalue weighted by atomic mass is 16.2. The van der Waals surface area contributed by atoms with Crippen LogP contribution in [0.25, 0.3) is 0 Å². The zero-order valence-electron chi connectivity index (χ0n) is 8.97. The molecular weight excluding hydrogens is 192 g/mol. The molecule has 1 amide bonds. The van der Waals surface area contributed by atoms with Gasteiger partial charge in [0.2, 0.25) is 5.91 Å². The van der Waals surface area contributed by atoms with E-state index < -0.39 is 0 Å². The van der Waals surface area contributed by atoms with Crippen molar-refractivity contribution in [3.63, 3.8) is 0 Å². The first-order valence-corrected chi connectivity index (χ1v) is 4.93. The summed E-state index contributed by atoms with van der Waals surface area (Å²) in [6.07, 6.45) is 1.55. The topological polar surface area (TPSA) is 80.9 Å². The van der Waals surface area contributed by atoms with Crippen molar-refractivity contribution in [1.29, 1.82) is 0 Å². The summed E-state index contributed by atoms with van der Waals surface area (Å²) < 4.78 is 0. The van der Waals surface area contributed by atoms with Crippen LogP contribution >= 0.6 is 0 Å². The number of nitrogens with one attached hydrogen (secondary N) is 1. The first kappa shape index (κ1) is 11.6. The van der Waals surface area contributed by atoms with Gasteiger partial charge in [-0.05, 0) is 18.1 Å². The number of rotatable bonds is 4. The summed E-state index contributed by atoms with van der Waals surface area (Å²) in [5.41, 5.74) is 5.53. The van der Waals surface area contributed by atoms with Gasteiger partial charge < -0.3 is 11.1 Å². The Hall–Kier alpha value is -1.49. The van der Waals surface area contributed by atoms with Crippen LogP contribution in [0.15, 0.2) is 18.3 Å². The summed E-state index contributed by atoms with van der Waals surface area (Å²) in [5, 5.41) is 10.1. The van der Waals surface area contributed by atoms with E-state index in [1.807, 2.05) is 13.8 Å². The Kier molecular flexibility index (Phi) is 4.17. The maximum Gasteiger partial charge on any atom is 0.230 e. The first-order chi connectivity index (χ1) is 7.15. The fourth-order valence-corrected chi connectivity index (χ4v) is 1.27. The minimum Gasteiger partial charge on any atom is -0.330 e. The molecule has 0 aliphatic carbocycles. The summed E-state index contributed by atoms with van der Waals surface area (Å²) >= 11 is 0. The molecule has 0 aromatic carbocycles. The van der Waals surface area contributed by atoms with Crippen LogP contribution in [0.2, 0.25) is 0 Å². The SMILES string of the molecule is CC(C)C(CN)C(=O)Nc1cccnn1. The number of carbonyl (C=O) groups is 1. The molecule has 1 aromatic rings. The van der Waals surface area contributed by atoms with E-state index in [-0.39, 0.29) is 17.7 Å². The number of hydrogen-bond acceptors (Lipinski definition) is 4.